The summed E-state index contributed by atoms with van der Waals surface area (Å²) >= 11 is 0. The van der Waals surface area contributed by atoms with Gasteiger partial charge in [-0.3, -0.25) is 4.68 Å². The highest BCUT2D eigenvalue weighted by atomic mass is 32.2. The molecule has 0 aromatic carbocycles. The Morgan fingerprint density at radius 2 is 2.23 bits per heavy atom. The van der Waals surface area contributed by atoms with Crippen LogP contribution in [0.1, 0.15) is 38.8 Å². The minimum absolute atomic E-state index is 0.230. The molecule has 22 heavy (non-hydrogen) atoms. The van der Waals surface area contributed by atoms with Gasteiger partial charge < -0.3 is 4.74 Å². The van der Waals surface area contributed by atoms with E-state index < -0.39 is 21.2 Å². The van der Waals surface area contributed by atoms with Crippen molar-refractivity contribution in [1.82, 2.24) is 4.68 Å². The van der Waals surface area contributed by atoms with Gasteiger partial charge in [0, 0.05) is 11.9 Å². The molecule has 2 rings (SSSR count). The Labute approximate surface area is 131 Å². The van der Waals surface area contributed by atoms with Crippen LogP contribution in [0.3, 0.4) is 0 Å². The average Bonchev–Trinajstić information content (AvgIpc) is 2.94. The third-order valence-electron chi connectivity index (χ3n) is 3.69. The molecule has 0 saturated carbocycles. The smallest absolute Gasteiger partial charge is 0.335 e. The lowest BCUT2D eigenvalue weighted by Gasteiger charge is -2.24. The number of allylic oxidation sites excluding steroid dienone is 1. The molecule has 1 atom stereocenters. The fraction of sp³-hybridized carbons (Fsp3) is 0.533. The summed E-state index contributed by atoms with van der Waals surface area (Å²) in [5.41, 5.74) is 1.10. The first kappa shape index (κ1) is 16.6. The van der Waals surface area contributed by atoms with Gasteiger partial charge in [-0.05, 0) is 44.7 Å². The maximum absolute atomic E-state index is 12.7. The van der Waals surface area contributed by atoms with Crippen LogP contribution in [0.4, 0.5) is 0 Å². The van der Waals surface area contributed by atoms with Gasteiger partial charge in [0.1, 0.15) is 5.25 Å². The highest BCUT2D eigenvalue weighted by Crippen LogP contribution is 2.26. The Kier molecular flexibility index (Phi) is 5.28. The van der Waals surface area contributed by atoms with Crippen molar-refractivity contribution in [1.29, 1.82) is 0 Å². The molecule has 1 unspecified atom stereocenters. The first-order chi connectivity index (χ1) is 10.5. The number of nitrogens with zero attached hydrogens (tertiary/aromatic N) is 1. The molecule has 0 aliphatic heterocycles. The summed E-state index contributed by atoms with van der Waals surface area (Å²) in [5, 5.41) is -0.868. The number of aryl methyl sites for hydroxylation is 1. The van der Waals surface area contributed by atoms with E-state index in [0.717, 1.165) is 12.1 Å². The zero-order valence-electron chi connectivity index (χ0n) is 12.9. The van der Waals surface area contributed by atoms with Gasteiger partial charge in [-0.15, -0.1) is 0 Å². The van der Waals surface area contributed by atoms with Gasteiger partial charge in [0.2, 0.25) is 0 Å². The third-order valence-corrected chi connectivity index (χ3v) is 5.38. The molecule has 6 nitrogen and oxygen atoms in total. The van der Waals surface area contributed by atoms with Gasteiger partial charge in [-0.1, -0.05) is 13.0 Å². The number of aromatic nitrogens is 1. The number of esters is 1. The van der Waals surface area contributed by atoms with Crippen LogP contribution in [0.2, 0.25) is 0 Å². The molecular formula is C15H22N2O4S. The van der Waals surface area contributed by atoms with E-state index in [-0.39, 0.29) is 12.2 Å². The number of carbonyl (C=O) groups excluding carboxylic acids is 1. The van der Waals surface area contributed by atoms with Crippen molar-refractivity contribution in [3.63, 3.8) is 0 Å². The Morgan fingerprint density at radius 3 is 2.91 bits per heavy atom. The van der Waals surface area contributed by atoms with Crippen LogP contribution in [0.15, 0.2) is 30.0 Å². The minimum Gasteiger partial charge on any atom is -0.463 e. The van der Waals surface area contributed by atoms with Gasteiger partial charge in [0.05, 0.1) is 12.2 Å². The van der Waals surface area contributed by atoms with Crippen molar-refractivity contribution >= 4 is 16.0 Å². The molecule has 1 aliphatic carbocycles. The molecule has 0 amide bonds. The van der Waals surface area contributed by atoms with Crippen LogP contribution in [0, 0.1) is 0 Å². The van der Waals surface area contributed by atoms with Crippen molar-refractivity contribution < 1.29 is 17.9 Å². The van der Waals surface area contributed by atoms with E-state index in [4.69, 9.17) is 4.74 Å². The minimum atomic E-state index is -3.71. The second-order valence-corrected chi connectivity index (χ2v) is 7.00. The second kappa shape index (κ2) is 7.00. The molecule has 1 aromatic heterocycles. The molecule has 1 aliphatic rings. The van der Waals surface area contributed by atoms with Crippen molar-refractivity contribution in [2.24, 2.45) is 0 Å². The molecule has 0 radical (unpaired) electrons. The zero-order chi connectivity index (χ0) is 16.2. The first-order valence-corrected chi connectivity index (χ1v) is 9.09. The standard InChI is InChI=1S/C15H22N2O4S/c1-3-12-8-7-11-17(12)16-22(19,20)14-10-6-5-9-13(14)15(18)21-4-2/h7-9,11,14,16H,3-6,10H2,1-2H3. The van der Waals surface area contributed by atoms with E-state index in [0.29, 0.717) is 19.3 Å². The van der Waals surface area contributed by atoms with E-state index in [1.165, 1.54) is 4.68 Å². The number of carbonyl (C=O) groups is 1. The highest BCUT2D eigenvalue weighted by molar-refractivity contribution is 7.93. The van der Waals surface area contributed by atoms with Gasteiger partial charge in [0.15, 0.2) is 0 Å². The third kappa shape index (κ3) is 3.52. The van der Waals surface area contributed by atoms with E-state index >= 15 is 0 Å². The monoisotopic (exact) mass is 326 g/mol. The quantitative estimate of drug-likeness (QED) is 0.811. The van der Waals surface area contributed by atoms with Gasteiger partial charge in [-0.2, -0.15) is 0 Å². The van der Waals surface area contributed by atoms with Crippen LogP contribution in [0.25, 0.3) is 0 Å². The summed E-state index contributed by atoms with van der Waals surface area (Å²) in [6, 6.07) is 3.63. The van der Waals surface area contributed by atoms with Crippen molar-refractivity contribution in [2.75, 3.05) is 11.4 Å². The Morgan fingerprint density at radius 1 is 1.45 bits per heavy atom. The van der Waals surface area contributed by atoms with Crippen LogP contribution < -0.4 is 4.83 Å². The summed E-state index contributed by atoms with van der Waals surface area (Å²) in [7, 11) is -3.71. The lowest BCUT2D eigenvalue weighted by atomic mass is 9.99. The first-order valence-electron chi connectivity index (χ1n) is 7.54. The van der Waals surface area contributed by atoms with Crippen molar-refractivity contribution in [3.8, 4) is 0 Å². The second-order valence-electron chi connectivity index (χ2n) is 5.16. The Bertz CT molecular complexity index is 661. The molecule has 1 heterocycles. The largest absolute Gasteiger partial charge is 0.463 e. The lowest BCUT2D eigenvalue weighted by Crippen LogP contribution is -2.38. The predicted octanol–water partition coefficient (Wildman–Crippen LogP) is 1.97. The van der Waals surface area contributed by atoms with E-state index in [1.54, 1.807) is 25.3 Å². The van der Waals surface area contributed by atoms with E-state index in [9.17, 15) is 13.2 Å². The Hall–Kier alpha value is -1.76. The number of hydrogen-bond acceptors (Lipinski definition) is 4. The lowest BCUT2D eigenvalue weighted by molar-refractivity contribution is -0.138. The van der Waals surface area contributed by atoms with Gasteiger partial charge in [0.25, 0.3) is 10.0 Å². The van der Waals surface area contributed by atoms with Crippen LogP contribution in [-0.2, 0) is 26.0 Å². The number of hydrogen-bond donors (Lipinski definition) is 1. The number of rotatable bonds is 6. The summed E-state index contributed by atoms with van der Waals surface area (Å²) in [5.74, 6) is -0.541. The normalized spacial score (nSPS) is 18.6. The van der Waals surface area contributed by atoms with Crippen LogP contribution >= 0.6 is 0 Å². The maximum Gasteiger partial charge on any atom is 0.335 e. The molecule has 1 aromatic rings. The fourth-order valence-electron chi connectivity index (χ4n) is 2.59. The molecule has 0 saturated heterocycles. The topological polar surface area (TPSA) is 77.4 Å². The number of sulfonamides is 1. The SMILES string of the molecule is CCOC(=O)C1=CCCCC1S(=O)(=O)Nn1cccc1CC. The van der Waals surface area contributed by atoms with Gasteiger partial charge in [-0.25, -0.2) is 18.0 Å². The molecular weight excluding hydrogens is 304 g/mol. The van der Waals surface area contributed by atoms with Crippen LogP contribution in [-0.4, -0.2) is 30.9 Å². The van der Waals surface area contributed by atoms with Crippen LogP contribution in [0.5, 0.6) is 0 Å². The molecule has 0 fully saturated rings. The average molecular weight is 326 g/mol. The molecule has 122 valence electrons. The summed E-state index contributed by atoms with van der Waals surface area (Å²) < 4.78 is 31.8. The van der Waals surface area contributed by atoms with Crippen molar-refractivity contribution in [2.45, 2.75) is 44.8 Å². The van der Waals surface area contributed by atoms with E-state index in [2.05, 4.69) is 4.83 Å². The maximum atomic E-state index is 12.7. The Balaban J connectivity index is 2.25. The van der Waals surface area contributed by atoms with Gasteiger partial charge >= 0.3 is 5.97 Å². The molecule has 1 N–H and O–H groups in total. The summed E-state index contributed by atoms with van der Waals surface area (Å²) in [6.07, 6.45) is 5.91. The summed E-state index contributed by atoms with van der Waals surface area (Å²) in [6.45, 7) is 3.88. The zero-order valence-corrected chi connectivity index (χ0v) is 13.7. The number of nitrogens with one attached hydrogen (secondary N) is 1. The highest BCUT2D eigenvalue weighted by Gasteiger charge is 2.35. The molecule has 0 spiro atoms. The number of ether oxygens (including phenoxy) is 1. The summed E-state index contributed by atoms with van der Waals surface area (Å²) in [4.78, 5) is 14.5. The molecule has 7 heteroatoms. The van der Waals surface area contributed by atoms with E-state index in [1.807, 2.05) is 13.0 Å². The molecule has 0 bridgehead atoms. The van der Waals surface area contributed by atoms with Crippen molar-refractivity contribution in [3.05, 3.63) is 35.7 Å². The predicted molar refractivity (Wildman–Crippen MR) is 84.4 cm³/mol. The fourth-order valence-corrected chi connectivity index (χ4v) is 4.18.